The van der Waals surface area contributed by atoms with E-state index in [-0.39, 0.29) is 0 Å². The normalized spacial score (nSPS) is 16.2. The molecule has 1 aliphatic heterocycles. The van der Waals surface area contributed by atoms with Crippen LogP contribution >= 0.6 is 0 Å². The minimum Gasteiger partial charge on any atom is -0.449 e. The molecule has 0 fully saturated rings. The third-order valence-electron chi connectivity index (χ3n) is 2.99. The molecule has 0 bridgehead atoms. The van der Waals surface area contributed by atoms with Gasteiger partial charge < -0.3 is 19.7 Å². The molecule has 0 spiro atoms. The molecule has 2 rings (SSSR count). The van der Waals surface area contributed by atoms with E-state index < -0.39 is 5.79 Å². The van der Waals surface area contributed by atoms with E-state index in [9.17, 15) is 0 Å². The van der Waals surface area contributed by atoms with Gasteiger partial charge in [-0.05, 0) is 26.2 Å². The van der Waals surface area contributed by atoms with Crippen LogP contribution in [0.4, 0.5) is 0 Å². The number of hydrogen-bond acceptors (Lipinski definition) is 4. The van der Waals surface area contributed by atoms with Crippen LogP contribution in [0, 0.1) is 0 Å². The third-order valence-corrected chi connectivity index (χ3v) is 2.99. The molecule has 0 radical (unpaired) electrons. The van der Waals surface area contributed by atoms with E-state index in [1.165, 1.54) is 0 Å². The van der Waals surface area contributed by atoms with Crippen molar-refractivity contribution in [1.82, 2.24) is 10.2 Å². The van der Waals surface area contributed by atoms with E-state index in [2.05, 4.69) is 24.3 Å². The van der Waals surface area contributed by atoms with Crippen LogP contribution in [0.1, 0.15) is 13.3 Å². The van der Waals surface area contributed by atoms with Crippen molar-refractivity contribution >= 4 is 0 Å². The summed E-state index contributed by atoms with van der Waals surface area (Å²) in [6.45, 7) is 4.90. The molecule has 0 saturated heterocycles. The van der Waals surface area contributed by atoms with Crippen molar-refractivity contribution in [2.75, 3.05) is 33.7 Å². The Morgan fingerprint density at radius 2 is 1.72 bits per heavy atom. The Labute approximate surface area is 109 Å². The van der Waals surface area contributed by atoms with Gasteiger partial charge in [-0.15, -0.1) is 0 Å². The van der Waals surface area contributed by atoms with Crippen LogP contribution in [0.15, 0.2) is 24.3 Å². The van der Waals surface area contributed by atoms with Crippen LogP contribution in [-0.2, 0) is 0 Å². The molecule has 1 aliphatic rings. The molecule has 4 heteroatoms. The predicted octanol–water partition coefficient (Wildman–Crippen LogP) is 1.72. The van der Waals surface area contributed by atoms with Gasteiger partial charge in [-0.2, -0.15) is 0 Å². The molecule has 1 aromatic rings. The fourth-order valence-electron chi connectivity index (χ4n) is 1.95. The van der Waals surface area contributed by atoms with Crippen molar-refractivity contribution in [2.24, 2.45) is 0 Å². The van der Waals surface area contributed by atoms with Crippen molar-refractivity contribution in [2.45, 2.75) is 19.1 Å². The maximum atomic E-state index is 5.85. The Bertz CT molecular complexity index is 368. The summed E-state index contributed by atoms with van der Waals surface area (Å²) in [6, 6.07) is 7.81. The highest BCUT2D eigenvalue weighted by molar-refractivity contribution is 5.42. The number of para-hydroxylation sites is 2. The zero-order valence-corrected chi connectivity index (χ0v) is 11.4. The molecule has 100 valence electrons. The Morgan fingerprint density at radius 3 is 2.28 bits per heavy atom. The number of benzene rings is 1. The average Bonchev–Trinajstić information content (AvgIpc) is 2.64. The fourth-order valence-corrected chi connectivity index (χ4v) is 1.95. The minimum absolute atomic E-state index is 0.533. The topological polar surface area (TPSA) is 33.7 Å². The van der Waals surface area contributed by atoms with Gasteiger partial charge in [0.1, 0.15) is 0 Å². The molecule has 0 atom stereocenters. The summed E-state index contributed by atoms with van der Waals surface area (Å²) in [7, 11) is 4.14. The molecule has 0 aromatic heterocycles. The van der Waals surface area contributed by atoms with E-state index in [1.54, 1.807) is 0 Å². The monoisotopic (exact) mass is 250 g/mol. The molecule has 0 aliphatic carbocycles. The number of ether oxygens (including phenoxy) is 2. The summed E-state index contributed by atoms with van der Waals surface area (Å²) in [4.78, 5) is 2.16. The average molecular weight is 250 g/mol. The molecule has 1 N–H and O–H groups in total. The quantitative estimate of drug-likeness (QED) is 0.779. The van der Waals surface area contributed by atoms with Crippen molar-refractivity contribution in [3.63, 3.8) is 0 Å². The number of fused-ring (bicyclic) bond motifs is 1. The van der Waals surface area contributed by atoms with E-state index in [1.807, 2.05) is 31.2 Å². The molecule has 0 unspecified atom stereocenters. The van der Waals surface area contributed by atoms with Crippen molar-refractivity contribution in [3.05, 3.63) is 24.3 Å². The van der Waals surface area contributed by atoms with Gasteiger partial charge in [0.05, 0.1) is 0 Å². The van der Waals surface area contributed by atoms with Gasteiger partial charge in [0, 0.05) is 33.0 Å². The summed E-state index contributed by atoms with van der Waals surface area (Å²) in [6.07, 6.45) is 0.828. The second kappa shape index (κ2) is 5.59. The van der Waals surface area contributed by atoms with Crippen molar-refractivity contribution in [3.8, 4) is 11.5 Å². The molecule has 1 heterocycles. The maximum absolute atomic E-state index is 5.85. The summed E-state index contributed by atoms with van der Waals surface area (Å²) < 4.78 is 11.7. The lowest BCUT2D eigenvalue weighted by Gasteiger charge is -2.23. The SMILES string of the molecule is CN(C)CCNCCC1(C)Oc2ccccc2O1. The summed E-state index contributed by atoms with van der Waals surface area (Å²) in [5, 5.41) is 3.39. The lowest BCUT2D eigenvalue weighted by Crippen LogP contribution is -2.39. The van der Waals surface area contributed by atoms with Crippen molar-refractivity contribution in [1.29, 1.82) is 0 Å². The number of rotatable bonds is 6. The largest absolute Gasteiger partial charge is 0.449 e. The lowest BCUT2D eigenvalue weighted by molar-refractivity contribution is -0.0672. The minimum atomic E-state index is -0.533. The highest BCUT2D eigenvalue weighted by Gasteiger charge is 2.35. The molecule has 4 nitrogen and oxygen atoms in total. The summed E-state index contributed by atoms with van der Waals surface area (Å²) >= 11 is 0. The van der Waals surface area contributed by atoms with Gasteiger partial charge in [0.25, 0.3) is 0 Å². The highest BCUT2D eigenvalue weighted by Crippen LogP contribution is 2.39. The summed E-state index contributed by atoms with van der Waals surface area (Å²) in [5.74, 6) is 1.15. The zero-order chi connectivity index (χ0) is 13.0. The first-order chi connectivity index (χ1) is 8.59. The van der Waals surface area contributed by atoms with Crippen LogP contribution < -0.4 is 14.8 Å². The first kappa shape index (κ1) is 13.2. The standard InChI is InChI=1S/C14H22N2O2/c1-14(8-9-15-10-11-16(2)3)17-12-6-4-5-7-13(12)18-14/h4-7,15H,8-11H2,1-3H3. The molecule has 1 aromatic carbocycles. The van der Waals surface area contributed by atoms with Crippen LogP contribution in [-0.4, -0.2) is 44.4 Å². The van der Waals surface area contributed by atoms with Crippen molar-refractivity contribution < 1.29 is 9.47 Å². The van der Waals surface area contributed by atoms with E-state index in [4.69, 9.17) is 9.47 Å². The van der Waals surface area contributed by atoms with Crippen LogP contribution in [0.3, 0.4) is 0 Å². The molecular formula is C14H22N2O2. The number of nitrogens with zero attached hydrogens (tertiary/aromatic N) is 1. The molecule has 0 saturated carbocycles. The van der Waals surface area contributed by atoms with Gasteiger partial charge in [-0.3, -0.25) is 0 Å². The highest BCUT2D eigenvalue weighted by atomic mass is 16.7. The van der Waals surface area contributed by atoms with E-state index in [0.29, 0.717) is 0 Å². The van der Waals surface area contributed by atoms with Gasteiger partial charge in [-0.1, -0.05) is 12.1 Å². The Hall–Kier alpha value is -1.26. The Kier molecular flexibility index (Phi) is 4.09. The number of hydrogen-bond donors (Lipinski definition) is 1. The molecular weight excluding hydrogens is 228 g/mol. The van der Waals surface area contributed by atoms with Crippen LogP contribution in [0.2, 0.25) is 0 Å². The Balaban J connectivity index is 1.74. The molecule has 18 heavy (non-hydrogen) atoms. The van der Waals surface area contributed by atoms with Gasteiger partial charge in [0.15, 0.2) is 11.5 Å². The first-order valence-electron chi connectivity index (χ1n) is 6.42. The first-order valence-corrected chi connectivity index (χ1v) is 6.42. The number of nitrogens with one attached hydrogen (secondary N) is 1. The predicted molar refractivity (Wildman–Crippen MR) is 72.1 cm³/mol. The number of likely N-dealkylation sites (N-methyl/N-ethyl adjacent to an activating group) is 1. The third kappa shape index (κ3) is 3.37. The zero-order valence-electron chi connectivity index (χ0n) is 11.4. The van der Waals surface area contributed by atoms with Crippen LogP contribution in [0.5, 0.6) is 11.5 Å². The fraction of sp³-hybridized carbons (Fsp3) is 0.571. The lowest BCUT2D eigenvalue weighted by atomic mass is 10.2. The second-order valence-corrected chi connectivity index (χ2v) is 5.09. The smallest absolute Gasteiger partial charge is 0.250 e. The van der Waals surface area contributed by atoms with E-state index in [0.717, 1.165) is 37.6 Å². The van der Waals surface area contributed by atoms with Gasteiger partial charge >= 0.3 is 0 Å². The van der Waals surface area contributed by atoms with Gasteiger partial charge in [0.2, 0.25) is 5.79 Å². The van der Waals surface area contributed by atoms with Crippen LogP contribution in [0.25, 0.3) is 0 Å². The maximum Gasteiger partial charge on any atom is 0.250 e. The second-order valence-electron chi connectivity index (χ2n) is 5.09. The molecule has 0 amide bonds. The Morgan fingerprint density at radius 1 is 1.11 bits per heavy atom. The summed E-state index contributed by atoms with van der Waals surface area (Å²) in [5.41, 5.74) is 0. The van der Waals surface area contributed by atoms with E-state index >= 15 is 0 Å². The van der Waals surface area contributed by atoms with Gasteiger partial charge in [-0.25, -0.2) is 0 Å².